The summed E-state index contributed by atoms with van der Waals surface area (Å²) in [5.41, 5.74) is -1.02. The maximum absolute atomic E-state index is 12.9. The van der Waals surface area contributed by atoms with Gasteiger partial charge in [0.25, 0.3) is 10.0 Å². The lowest BCUT2D eigenvalue weighted by molar-refractivity contribution is 0.0517. The molecule has 8 nitrogen and oxygen atoms in total. The fraction of sp³-hybridized carbons (Fsp3) is 0.357. The van der Waals surface area contributed by atoms with Gasteiger partial charge in [-0.1, -0.05) is 9.89 Å². The number of carbonyl (C=O) groups is 1. The monoisotopic (exact) mass is 368 g/mol. The SMILES string of the molecule is CCOC(=O)c1cnc2cccc(S(=O)(=O)N(Cl)C3(C#N)CC3)n12. The molecule has 126 valence electrons. The van der Waals surface area contributed by atoms with E-state index in [1.807, 2.05) is 6.07 Å². The first-order valence-corrected chi connectivity index (χ1v) is 8.91. The van der Waals surface area contributed by atoms with E-state index in [0.29, 0.717) is 16.7 Å². The normalized spacial score (nSPS) is 16.1. The van der Waals surface area contributed by atoms with Gasteiger partial charge in [-0.15, -0.1) is 0 Å². The molecule has 0 radical (unpaired) electrons. The van der Waals surface area contributed by atoms with Gasteiger partial charge in [-0.05, 0) is 43.7 Å². The van der Waals surface area contributed by atoms with E-state index < -0.39 is 21.5 Å². The second-order valence-corrected chi connectivity index (χ2v) is 7.56. The minimum atomic E-state index is -4.22. The lowest BCUT2D eigenvalue weighted by Gasteiger charge is -2.19. The van der Waals surface area contributed by atoms with Crippen LogP contribution in [0.5, 0.6) is 0 Å². The molecule has 0 saturated heterocycles. The minimum Gasteiger partial charge on any atom is -0.461 e. The smallest absolute Gasteiger partial charge is 0.357 e. The molecular formula is C14H13ClN4O4S. The van der Waals surface area contributed by atoms with Gasteiger partial charge in [0.1, 0.15) is 11.2 Å². The van der Waals surface area contributed by atoms with Crippen LogP contribution >= 0.6 is 11.8 Å². The molecule has 1 saturated carbocycles. The molecule has 1 aliphatic carbocycles. The molecule has 2 heterocycles. The van der Waals surface area contributed by atoms with E-state index in [4.69, 9.17) is 16.5 Å². The van der Waals surface area contributed by atoms with Crippen LogP contribution in [-0.2, 0) is 14.8 Å². The number of rotatable bonds is 5. The van der Waals surface area contributed by atoms with Crippen LogP contribution in [0, 0.1) is 11.3 Å². The van der Waals surface area contributed by atoms with Gasteiger partial charge >= 0.3 is 5.97 Å². The molecule has 0 unspecified atom stereocenters. The summed E-state index contributed by atoms with van der Waals surface area (Å²) in [6.07, 6.45) is 1.95. The molecule has 2 aromatic heterocycles. The molecular weight excluding hydrogens is 356 g/mol. The second kappa shape index (κ2) is 5.73. The molecule has 0 atom stereocenters. The van der Waals surface area contributed by atoms with E-state index in [-0.39, 0.29) is 23.0 Å². The van der Waals surface area contributed by atoms with Crippen LogP contribution in [0.2, 0.25) is 0 Å². The summed E-state index contributed by atoms with van der Waals surface area (Å²) >= 11 is 5.99. The number of nitriles is 1. The number of aromatic nitrogens is 2. The Morgan fingerprint density at radius 1 is 1.54 bits per heavy atom. The number of hydrogen-bond donors (Lipinski definition) is 0. The van der Waals surface area contributed by atoms with Crippen LogP contribution in [0.15, 0.2) is 29.4 Å². The van der Waals surface area contributed by atoms with Crippen molar-refractivity contribution in [3.63, 3.8) is 0 Å². The second-order valence-electron chi connectivity index (χ2n) is 5.28. The highest BCUT2D eigenvalue weighted by Crippen LogP contribution is 2.45. The van der Waals surface area contributed by atoms with Crippen molar-refractivity contribution < 1.29 is 17.9 Å². The largest absolute Gasteiger partial charge is 0.461 e. The number of ether oxygens (including phenoxy) is 1. The standard InChI is InChI=1S/C14H13ClN4O4S/c1-2-23-13(20)10-8-17-11-4-3-5-12(18(10)11)24(21,22)19(15)14(9-16)6-7-14/h3-5,8H,2,6-7H2,1H3. The van der Waals surface area contributed by atoms with Crippen molar-refractivity contribution in [3.8, 4) is 6.07 Å². The van der Waals surface area contributed by atoms with Gasteiger partial charge in [0, 0.05) is 0 Å². The van der Waals surface area contributed by atoms with Crippen LogP contribution in [0.25, 0.3) is 5.65 Å². The third-order valence-corrected chi connectivity index (χ3v) is 6.21. The number of fused-ring (bicyclic) bond motifs is 1. The van der Waals surface area contributed by atoms with Gasteiger partial charge in [-0.3, -0.25) is 4.40 Å². The summed E-state index contributed by atoms with van der Waals surface area (Å²) in [5, 5.41) is 8.94. The maximum atomic E-state index is 12.9. The summed E-state index contributed by atoms with van der Waals surface area (Å²) < 4.78 is 32.4. The molecule has 0 N–H and O–H groups in total. The van der Waals surface area contributed by atoms with Crippen molar-refractivity contribution >= 4 is 33.4 Å². The van der Waals surface area contributed by atoms with Gasteiger partial charge in [0.05, 0.1) is 18.9 Å². The first-order chi connectivity index (χ1) is 11.4. The van der Waals surface area contributed by atoms with E-state index in [1.54, 1.807) is 13.0 Å². The molecule has 0 aliphatic heterocycles. The summed E-state index contributed by atoms with van der Waals surface area (Å²) in [6.45, 7) is 1.78. The van der Waals surface area contributed by atoms with Crippen LogP contribution in [0.3, 0.4) is 0 Å². The Kier molecular flexibility index (Phi) is 3.99. The van der Waals surface area contributed by atoms with E-state index in [9.17, 15) is 18.5 Å². The molecule has 0 bridgehead atoms. The third kappa shape index (κ3) is 2.43. The Morgan fingerprint density at radius 2 is 2.25 bits per heavy atom. The molecule has 3 rings (SSSR count). The number of nitrogens with zero attached hydrogens (tertiary/aromatic N) is 4. The Labute approximate surface area is 143 Å². The average molecular weight is 369 g/mol. The lowest BCUT2D eigenvalue weighted by atomic mass is 10.3. The van der Waals surface area contributed by atoms with E-state index in [0.717, 1.165) is 4.40 Å². The van der Waals surface area contributed by atoms with Gasteiger partial charge < -0.3 is 4.74 Å². The van der Waals surface area contributed by atoms with Crippen LogP contribution in [-0.4, -0.2) is 39.7 Å². The number of hydrogen-bond acceptors (Lipinski definition) is 6. The van der Waals surface area contributed by atoms with E-state index in [1.165, 1.54) is 18.3 Å². The van der Waals surface area contributed by atoms with Crippen LogP contribution in [0.1, 0.15) is 30.3 Å². The number of pyridine rings is 1. The Hall–Kier alpha value is -2.15. The molecule has 0 aromatic carbocycles. The van der Waals surface area contributed by atoms with Crippen molar-refractivity contribution in [2.45, 2.75) is 30.3 Å². The summed E-state index contributed by atoms with van der Waals surface area (Å²) in [7, 11) is -4.22. The molecule has 0 amide bonds. The van der Waals surface area contributed by atoms with E-state index >= 15 is 0 Å². The zero-order chi connectivity index (χ0) is 17.5. The molecule has 1 aliphatic rings. The Balaban J connectivity index is 2.18. The van der Waals surface area contributed by atoms with Crippen molar-refractivity contribution in [1.82, 2.24) is 13.2 Å². The first-order valence-electron chi connectivity index (χ1n) is 7.13. The molecule has 0 spiro atoms. The number of esters is 1. The number of halogens is 1. The number of imidazole rings is 1. The van der Waals surface area contributed by atoms with Gasteiger partial charge in [0.2, 0.25) is 0 Å². The highest BCUT2D eigenvalue weighted by molar-refractivity contribution is 7.90. The van der Waals surface area contributed by atoms with Gasteiger partial charge in [0.15, 0.2) is 10.7 Å². The number of carbonyl (C=O) groups excluding carboxylic acids is 1. The third-order valence-electron chi connectivity index (χ3n) is 3.72. The predicted octanol–water partition coefficient (Wildman–Crippen LogP) is 1.71. The van der Waals surface area contributed by atoms with Gasteiger partial charge in [-0.2, -0.15) is 5.26 Å². The lowest BCUT2D eigenvalue weighted by Crippen LogP contribution is -2.34. The van der Waals surface area contributed by atoms with E-state index in [2.05, 4.69) is 4.98 Å². The molecule has 2 aromatic rings. The summed E-state index contributed by atoms with van der Waals surface area (Å²) in [5.74, 6) is -0.699. The highest BCUT2D eigenvalue weighted by Gasteiger charge is 2.54. The summed E-state index contributed by atoms with van der Waals surface area (Å²) in [4.78, 5) is 16.1. The minimum absolute atomic E-state index is 0.0297. The topological polar surface area (TPSA) is 105 Å². The fourth-order valence-corrected chi connectivity index (χ4v) is 4.25. The molecule has 24 heavy (non-hydrogen) atoms. The Morgan fingerprint density at radius 3 is 2.83 bits per heavy atom. The first kappa shape index (κ1) is 16.7. The predicted molar refractivity (Wildman–Crippen MR) is 83.6 cm³/mol. The quantitative estimate of drug-likeness (QED) is 0.587. The van der Waals surface area contributed by atoms with Gasteiger partial charge in [-0.25, -0.2) is 18.2 Å². The highest BCUT2D eigenvalue weighted by atomic mass is 35.5. The van der Waals surface area contributed by atoms with Crippen LogP contribution in [0.4, 0.5) is 0 Å². The number of sulfonamides is 1. The zero-order valence-corrected chi connectivity index (χ0v) is 14.2. The van der Waals surface area contributed by atoms with Crippen molar-refractivity contribution in [3.05, 3.63) is 30.1 Å². The van der Waals surface area contributed by atoms with Crippen LogP contribution < -0.4 is 0 Å². The average Bonchev–Trinajstić information content (AvgIpc) is 3.25. The van der Waals surface area contributed by atoms with Crippen molar-refractivity contribution in [2.24, 2.45) is 0 Å². The fourth-order valence-electron chi connectivity index (χ4n) is 2.31. The molecule has 10 heteroatoms. The maximum Gasteiger partial charge on any atom is 0.357 e. The zero-order valence-electron chi connectivity index (χ0n) is 12.6. The van der Waals surface area contributed by atoms with Crippen molar-refractivity contribution in [2.75, 3.05) is 6.61 Å². The summed E-state index contributed by atoms with van der Waals surface area (Å²) in [6, 6.07) is 6.27. The Bertz CT molecular complexity index is 959. The molecule has 1 fully saturated rings. The van der Waals surface area contributed by atoms with Crippen molar-refractivity contribution in [1.29, 1.82) is 5.26 Å².